The lowest BCUT2D eigenvalue weighted by Crippen LogP contribution is -2.02. The second-order valence-corrected chi connectivity index (χ2v) is 4.83. The number of phenols is 1. The van der Waals surface area contributed by atoms with Gasteiger partial charge in [0.15, 0.2) is 0 Å². The first-order valence-electron chi connectivity index (χ1n) is 6.36. The van der Waals surface area contributed by atoms with E-state index in [1.54, 1.807) is 12.1 Å². The molecule has 2 N–H and O–H groups in total. The van der Waals surface area contributed by atoms with Gasteiger partial charge < -0.3 is 10.2 Å². The molecule has 0 radical (unpaired) electrons. The number of hydrogen-bond acceptors (Lipinski definition) is 2. The van der Waals surface area contributed by atoms with Crippen molar-refractivity contribution < 1.29 is 10.2 Å². The maximum Gasteiger partial charge on any atom is 0.115 e. The summed E-state index contributed by atoms with van der Waals surface area (Å²) in [5.41, 5.74) is 2.54. The standard InChI is InChI=1S/C15H20O2/c1-2-12(13-5-8-15(17)10-13)9-11-3-6-14(16)7-4-11/h3-4,6-7,9,13,15-17H,2,5,8,10H2,1H3. The highest BCUT2D eigenvalue weighted by molar-refractivity contribution is 5.54. The minimum Gasteiger partial charge on any atom is -0.508 e. The molecule has 1 aromatic rings. The lowest BCUT2D eigenvalue weighted by atomic mass is 9.93. The molecule has 0 aromatic heterocycles. The third-order valence-electron chi connectivity index (χ3n) is 3.58. The molecule has 1 aliphatic carbocycles. The molecule has 2 heteroatoms. The molecule has 0 saturated heterocycles. The maximum absolute atomic E-state index is 9.59. The Balaban J connectivity index is 2.14. The van der Waals surface area contributed by atoms with Gasteiger partial charge in [-0.25, -0.2) is 0 Å². The minimum atomic E-state index is -0.116. The van der Waals surface area contributed by atoms with Crippen molar-refractivity contribution >= 4 is 6.08 Å². The average Bonchev–Trinajstić information content (AvgIpc) is 2.75. The molecule has 0 aliphatic heterocycles. The number of hydrogen-bond donors (Lipinski definition) is 2. The van der Waals surface area contributed by atoms with Crippen LogP contribution in [0.2, 0.25) is 0 Å². The van der Waals surface area contributed by atoms with Gasteiger partial charge in [-0.05, 0) is 49.3 Å². The third kappa shape index (κ3) is 3.10. The van der Waals surface area contributed by atoms with E-state index in [0.717, 1.165) is 31.2 Å². The van der Waals surface area contributed by atoms with Gasteiger partial charge in [-0.15, -0.1) is 0 Å². The molecule has 1 fully saturated rings. The number of aromatic hydroxyl groups is 1. The Bertz CT molecular complexity index is 392. The Morgan fingerprint density at radius 1 is 1.29 bits per heavy atom. The fourth-order valence-corrected chi connectivity index (χ4v) is 2.59. The zero-order valence-corrected chi connectivity index (χ0v) is 10.3. The lowest BCUT2D eigenvalue weighted by molar-refractivity contribution is 0.179. The summed E-state index contributed by atoms with van der Waals surface area (Å²) in [6.45, 7) is 2.16. The van der Waals surface area contributed by atoms with E-state index in [0.29, 0.717) is 11.7 Å². The van der Waals surface area contributed by atoms with Crippen molar-refractivity contribution in [2.75, 3.05) is 0 Å². The first kappa shape index (κ1) is 12.2. The zero-order chi connectivity index (χ0) is 12.3. The first-order chi connectivity index (χ1) is 8.19. The number of aliphatic hydroxyl groups is 1. The van der Waals surface area contributed by atoms with Crippen LogP contribution in [0.1, 0.15) is 38.2 Å². The Morgan fingerprint density at radius 3 is 2.53 bits per heavy atom. The van der Waals surface area contributed by atoms with E-state index in [9.17, 15) is 10.2 Å². The molecule has 17 heavy (non-hydrogen) atoms. The van der Waals surface area contributed by atoms with Gasteiger partial charge in [-0.1, -0.05) is 30.7 Å². The van der Waals surface area contributed by atoms with Crippen LogP contribution >= 0.6 is 0 Å². The fourth-order valence-electron chi connectivity index (χ4n) is 2.59. The number of aliphatic hydroxyl groups excluding tert-OH is 1. The van der Waals surface area contributed by atoms with Gasteiger partial charge in [-0.3, -0.25) is 0 Å². The van der Waals surface area contributed by atoms with E-state index in [2.05, 4.69) is 13.0 Å². The first-order valence-corrected chi connectivity index (χ1v) is 6.36. The van der Waals surface area contributed by atoms with Crippen LogP contribution in [-0.4, -0.2) is 16.3 Å². The second-order valence-electron chi connectivity index (χ2n) is 4.83. The smallest absolute Gasteiger partial charge is 0.115 e. The van der Waals surface area contributed by atoms with Crippen molar-refractivity contribution in [2.45, 2.75) is 38.7 Å². The number of phenolic OH excluding ortho intramolecular Hbond substituents is 1. The van der Waals surface area contributed by atoms with Gasteiger partial charge in [0.05, 0.1) is 6.10 Å². The fraction of sp³-hybridized carbons (Fsp3) is 0.467. The van der Waals surface area contributed by atoms with Gasteiger partial charge in [-0.2, -0.15) is 0 Å². The van der Waals surface area contributed by atoms with E-state index in [1.807, 2.05) is 12.1 Å². The van der Waals surface area contributed by atoms with E-state index >= 15 is 0 Å². The SMILES string of the molecule is CCC(=Cc1ccc(O)cc1)C1CCC(O)C1. The molecular weight excluding hydrogens is 212 g/mol. The summed E-state index contributed by atoms with van der Waals surface area (Å²) in [7, 11) is 0. The summed E-state index contributed by atoms with van der Waals surface area (Å²) in [6, 6.07) is 7.28. The zero-order valence-electron chi connectivity index (χ0n) is 10.3. The molecule has 1 aliphatic rings. The molecule has 2 atom stereocenters. The Kier molecular flexibility index (Phi) is 3.85. The maximum atomic E-state index is 9.59. The largest absolute Gasteiger partial charge is 0.508 e. The van der Waals surface area contributed by atoms with Gasteiger partial charge in [0.2, 0.25) is 0 Å². The molecule has 0 amide bonds. The van der Waals surface area contributed by atoms with E-state index < -0.39 is 0 Å². The summed E-state index contributed by atoms with van der Waals surface area (Å²) in [4.78, 5) is 0. The summed E-state index contributed by atoms with van der Waals surface area (Å²) < 4.78 is 0. The molecule has 2 nitrogen and oxygen atoms in total. The average molecular weight is 232 g/mol. The van der Waals surface area contributed by atoms with Crippen molar-refractivity contribution in [1.82, 2.24) is 0 Å². The van der Waals surface area contributed by atoms with Gasteiger partial charge in [0.1, 0.15) is 5.75 Å². The molecule has 92 valence electrons. The van der Waals surface area contributed by atoms with Crippen LogP contribution in [-0.2, 0) is 0 Å². The van der Waals surface area contributed by atoms with Crippen LogP contribution in [0.4, 0.5) is 0 Å². The third-order valence-corrected chi connectivity index (χ3v) is 3.58. The molecule has 1 aromatic carbocycles. The van der Waals surface area contributed by atoms with Crippen LogP contribution in [0.3, 0.4) is 0 Å². The highest BCUT2D eigenvalue weighted by Gasteiger charge is 2.24. The van der Waals surface area contributed by atoms with E-state index in [1.165, 1.54) is 5.57 Å². The van der Waals surface area contributed by atoms with Crippen molar-refractivity contribution in [1.29, 1.82) is 0 Å². The monoisotopic (exact) mass is 232 g/mol. The Labute approximate surface area is 103 Å². The van der Waals surface area contributed by atoms with Crippen molar-refractivity contribution in [3.05, 3.63) is 35.4 Å². The molecule has 2 rings (SSSR count). The second kappa shape index (κ2) is 5.37. The van der Waals surface area contributed by atoms with Crippen molar-refractivity contribution in [3.8, 4) is 5.75 Å². The van der Waals surface area contributed by atoms with E-state index in [-0.39, 0.29) is 6.10 Å². The van der Waals surface area contributed by atoms with Crippen molar-refractivity contribution in [3.63, 3.8) is 0 Å². The van der Waals surface area contributed by atoms with Crippen LogP contribution in [0.5, 0.6) is 5.75 Å². The summed E-state index contributed by atoms with van der Waals surface area (Å²) in [5.74, 6) is 0.834. The van der Waals surface area contributed by atoms with Gasteiger partial charge in [0, 0.05) is 0 Å². The normalized spacial score (nSPS) is 25.2. The summed E-state index contributed by atoms with van der Waals surface area (Å²) >= 11 is 0. The van der Waals surface area contributed by atoms with Gasteiger partial charge in [0.25, 0.3) is 0 Å². The molecule has 0 bridgehead atoms. The van der Waals surface area contributed by atoms with Crippen LogP contribution in [0.15, 0.2) is 29.8 Å². The van der Waals surface area contributed by atoms with Crippen molar-refractivity contribution in [2.24, 2.45) is 5.92 Å². The topological polar surface area (TPSA) is 40.5 Å². The number of rotatable bonds is 3. The van der Waals surface area contributed by atoms with Gasteiger partial charge >= 0.3 is 0 Å². The summed E-state index contributed by atoms with van der Waals surface area (Å²) in [5, 5.41) is 18.8. The number of benzene rings is 1. The quantitative estimate of drug-likeness (QED) is 0.839. The molecule has 1 saturated carbocycles. The minimum absolute atomic E-state index is 0.116. The molecular formula is C15H20O2. The molecule has 0 spiro atoms. The highest BCUT2D eigenvalue weighted by atomic mass is 16.3. The predicted molar refractivity (Wildman–Crippen MR) is 69.7 cm³/mol. The lowest BCUT2D eigenvalue weighted by Gasteiger charge is -2.13. The van der Waals surface area contributed by atoms with Crippen LogP contribution in [0, 0.1) is 5.92 Å². The van der Waals surface area contributed by atoms with E-state index in [4.69, 9.17) is 0 Å². The number of allylic oxidation sites excluding steroid dienone is 1. The molecule has 2 unspecified atom stereocenters. The highest BCUT2D eigenvalue weighted by Crippen LogP contribution is 2.34. The predicted octanol–water partition coefficient (Wildman–Crippen LogP) is 3.35. The van der Waals surface area contributed by atoms with Crippen LogP contribution < -0.4 is 0 Å². The Morgan fingerprint density at radius 2 is 2.00 bits per heavy atom. The summed E-state index contributed by atoms with van der Waals surface area (Å²) in [6.07, 6.45) is 6.03. The molecule has 0 heterocycles. The van der Waals surface area contributed by atoms with Crippen LogP contribution in [0.25, 0.3) is 6.08 Å². The Hall–Kier alpha value is -1.28.